The van der Waals surface area contributed by atoms with Crippen molar-refractivity contribution in [1.29, 1.82) is 0 Å². The van der Waals surface area contributed by atoms with Gasteiger partial charge >= 0.3 is 6.18 Å². The summed E-state index contributed by atoms with van der Waals surface area (Å²) in [4.78, 5) is 0. The van der Waals surface area contributed by atoms with Crippen molar-refractivity contribution >= 4 is 6.08 Å². The first-order chi connectivity index (χ1) is 6.05. The van der Waals surface area contributed by atoms with Crippen molar-refractivity contribution in [2.24, 2.45) is 0 Å². The Bertz CT molecular complexity index is 303. The lowest BCUT2D eigenvalue weighted by Gasteiger charge is -2.03. The first-order valence-electron chi connectivity index (χ1n) is 3.43. The van der Waals surface area contributed by atoms with Crippen LogP contribution in [0.15, 0.2) is 12.3 Å². The molecule has 1 heterocycles. The second-order valence-corrected chi connectivity index (χ2v) is 2.28. The number of alkyl halides is 3. The van der Waals surface area contributed by atoms with Crippen molar-refractivity contribution in [3.05, 3.63) is 23.5 Å². The van der Waals surface area contributed by atoms with Crippen LogP contribution >= 0.6 is 0 Å². The molecular formula is C7H7F3N2O. The van der Waals surface area contributed by atoms with Gasteiger partial charge in [0.2, 0.25) is 0 Å². The van der Waals surface area contributed by atoms with Gasteiger partial charge < -0.3 is 5.11 Å². The quantitative estimate of drug-likeness (QED) is 0.744. The Balaban J connectivity index is 2.96. The third-order valence-electron chi connectivity index (χ3n) is 1.35. The average Bonchev–Trinajstić information content (AvgIpc) is 2.47. The standard InChI is InChI=1S/C7H7F3N2O/c8-7(9,10)6-5(2-1-3-13)4-11-12-6/h1-2,4,13H,3H2,(H,11,12). The highest BCUT2D eigenvalue weighted by Crippen LogP contribution is 2.30. The molecule has 0 amide bonds. The molecule has 1 rings (SSSR count). The maximum atomic E-state index is 12.1. The normalized spacial score (nSPS) is 12.6. The molecule has 0 aromatic carbocycles. The number of halogens is 3. The van der Waals surface area contributed by atoms with Gasteiger partial charge in [-0.25, -0.2) is 0 Å². The lowest BCUT2D eigenvalue weighted by atomic mass is 10.2. The molecule has 1 aromatic rings. The average molecular weight is 192 g/mol. The summed E-state index contributed by atoms with van der Waals surface area (Å²) in [7, 11) is 0. The molecule has 0 bridgehead atoms. The largest absolute Gasteiger partial charge is 0.433 e. The molecule has 0 spiro atoms. The monoisotopic (exact) mass is 192 g/mol. The molecule has 72 valence electrons. The number of aliphatic hydroxyl groups excluding tert-OH is 1. The number of nitrogens with one attached hydrogen (secondary N) is 1. The van der Waals surface area contributed by atoms with Gasteiger partial charge in [-0.3, -0.25) is 5.10 Å². The Kier molecular flexibility index (Phi) is 2.72. The second-order valence-electron chi connectivity index (χ2n) is 2.28. The first-order valence-corrected chi connectivity index (χ1v) is 3.43. The summed E-state index contributed by atoms with van der Waals surface area (Å²) in [6, 6.07) is 0. The van der Waals surface area contributed by atoms with Gasteiger partial charge in [-0.05, 0) is 0 Å². The number of aliphatic hydroxyl groups is 1. The highest BCUT2D eigenvalue weighted by molar-refractivity contribution is 5.51. The summed E-state index contributed by atoms with van der Waals surface area (Å²) < 4.78 is 36.4. The number of aromatic amines is 1. The van der Waals surface area contributed by atoms with E-state index in [4.69, 9.17) is 5.11 Å². The van der Waals surface area contributed by atoms with Crippen LogP contribution in [0, 0.1) is 0 Å². The van der Waals surface area contributed by atoms with Crippen LogP contribution in [0.1, 0.15) is 11.3 Å². The summed E-state index contributed by atoms with van der Waals surface area (Å²) in [6.45, 7) is -0.303. The van der Waals surface area contributed by atoms with E-state index in [2.05, 4.69) is 5.10 Å². The van der Waals surface area contributed by atoms with Crippen LogP contribution in [-0.4, -0.2) is 21.9 Å². The molecule has 0 unspecified atom stereocenters. The van der Waals surface area contributed by atoms with Crippen molar-refractivity contribution in [3.8, 4) is 0 Å². The van der Waals surface area contributed by atoms with E-state index in [9.17, 15) is 13.2 Å². The van der Waals surface area contributed by atoms with Gasteiger partial charge in [0.25, 0.3) is 0 Å². The minimum atomic E-state index is -4.44. The number of nitrogens with zero attached hydrogens (tertiary/aromatic N) is 1. The van der Waals surface area contributed by atoms with Gasteiger partial charge in [0.15, 0.2) is 0 Å². The van der Waals surface area contributed by atoms with E-state index in [1.807, 2.05) is 5.10 Å². The van der Waals surface area contributed by atoms with Crippen molar-refractivity contribution in [2.45, 2.75) is 6.18 Å². The topological polar surface area (TPSA) is 48.9 Å². The molecule has 0 radical (unpaired) electrons. The Morgan fingerprint density at radius 2 is 2.23 bits per heavy atom. The fraction of sp³-hybridized carbons (Fsp3) is 0.286. The molecule has 3 nitrogen and oxygen atoms in total. The molecule has 0 fully saturated rings. The Hall–Kier alpha value is -1.30. The fourth-order valence-corrected chi connectivity index (χ4v) is 0.829. The van der Waals surface area contributed by atoms with Crippen LogP contribution in [0.2, 0.25) is 0 Å². The van der Waals surface area contributed by atoms with E-state index >= 15 is 0 Å². The van der Waals surface area contributed by atoms with Crippen LogP contribution in [-0.2, 0) is 6.18 Å². The lowest BCUT2D eigenvalue weighted by Crippen LogP contribution is -2.07. The summed E-state index contributed by atoms with van der Waals surface area (Å²) in [6.07, 6.45) is -1.02. The molecule has 0 atom stereocenters. The van der Waals surface area contributed by atoms with Crippen LogP contribution < -0.4 is 0 Å². The zero-order chi connectivity index (χ0) is 9.90. The van der Waals surface area contributed by atoms with Crippen LogP contribution in [0.4, 0.5) is 13.2 Å². The van der Waals surface area contributed by atoms with Crippen LogP contribution in [0.3, 0.4) is 0 Å². The summed E-state index contributed by atoms with van der Waals surface area (Å²) in [5.41, 5.74) is -0.987. The van der Waals surface area contributed by atoms with E-state index in [0.717, 1.165) is 12.3 Å². The third kappa shape index (κ3) is 2.32. The maximum Gasteiger partial charge on any atom is 0.433 e. The van der Waals surface area contributed by atoms with Gasteiger partial charge in [0, 0.05) is 5.56 Å². The predicted octanol–water partition coefficient (Wildman–Crippen LogP) is 1.43. The lowest BCUT2D eigenvalue weighted by molar-refractivity contribution is -0.141. The molecule has 0 aliphatic heterocycles. The SMILES string of the molecule is OCC=Cc1cn[nH]c1C(F)(F)F. The van der Waals surface area contributed by atoms with Gasteiger partial charge in [-0.15, -0.1) is 0 Å². The number of hydrogen-bond donors (Lipinski definition) is 2. The number of hydrogen-bond acceptors (Lipinski definition) is 2. The Morgan fingerprint density at radius 1 is 1.54 bits per heavy atom. The van der Waals surface area contributed by atoms with Crippen molar-refractivity contribution in [3.63, 3.8) is 0 Å². The van der Waals surface area contributed by atoms with E-state index in [1.165, 1.54) is 6.08 Å². The van der Waals surface area contributed by atoms with Gasteiger partial charge in [-0.1, -0.05) is 12.2 Å². The number of aromatic nitrogens is 2. The molecule has 0 saturated heterocycles. The molecule has 0 aliphatic carbocycles. The highest BCUT2D eigenvalue weighted by Gasteiger charge is 2.34. The van der Waals surface area contributed by atoms with Gasteiger partial charge in [0.1, 0.15) is 5.69 Å². The summed E-state index contributed by atoms with van der Waals surface area (Å²) >= 11 is 0. The van der Waals surface area contributed by atoms with Crippen LogP contribution in [0.5, 0.6) is 0 Å². The molecule has 2 N–H and O–H groups in total. The van der Waals surface area contributed by atoms with E-state index in [0.29, 0.717) is 0 Å². The third-order valence-corrected chi connectivity index (χ3v) is 1.35. The molecule has 6 heteroatoms. The Labute approximate surface area is 71.9 Å². The fourth-order valence-electron chi connectivity index (χ4n) is 0.829. The van der Waals surface area contributed by atoms with Crippen molar-refractivity contribution < 1.29 is 18.3 Å². The maximum absolute atomic E-state index is 12.1. The Morgan fingerprint density at radius 3 is 2.77 bits per heavy atom. The van der Waals surface area contributed by atoms with Gasteiger partial charge in [-0.2, -0.15) is 18.3 Å². The second kappa shape index (κ2) is 3.61. The summed E-state index contributed by atoms with van der Waals surface area (Å²) in [5, 5.41) is 13.5. The highest BCUT2D eigenvalue weighted by atomic mass is 19.4. The zero-order valence-corrected chi connectivity index (χ0v) is 6.47. The molecule has 0 aliphatic rings. The van der Waals surface area contributed by atoms with E-state index in [1.54, 1.807) is 0 Å². The molecule has 13 heavy (non-hydrogen) atoms. The molecule has 1 aromatic heterocycles. The van der Waals surface area contributed by atoms with Crippen molar-refractivity contribution in [1.82, 2.24) is 10.2 Å². The smallest absolute Gasteiger partial charge is 0.392 e. The minimum absolute atomic E-state index is 0.0819. The number of rotatable bonds is 2. The molecule has 0 saturated carbocycles. The predicted molar refractivity (Wildman–Crippen MR) is 39.7 cm³/mol. The minimum Gasteiger partial charge on any atom is -0.392 e. The van der Waals surface area contributed by atoms with E-state index < -0.39 is 11.9 Å². The zero-order valence-electron chi connectivity index (χ0n) is 6.47. The summed E-state index contributed by atoms with van der Waals surface area (Å²) in [5.74, 6) is 0. The number of H-pyrrole nitrogens is 1. The molecular weight excluding hydrogens is 185 g/mol. The van der Waals surface area contributed by atoms with Crippen molar-refractivity contribution in [2.75, 3.05) is 6.61 Å². The first kappa shape index (κ1) is 9.79. The van der Waals surface area contributed by atoms with Gasteiger partial charge in [0.05, 0.1) is 12.8 Å². The van der Waals surface area contributed by atoms with Crippen LogP contribution in [0.25, 0.3) is 6.08 Å². The van der Waals surface area contributed by atoms with E-state index in [-0.39, 0.29) is 12.2 Å².